The fraction of sp³-hybridized carbons (Fsp3) is 0.211. The number of likely N-dealkylation sites (N-methyl/N-ethyl adjacent to an activating group) is 1. The molecule has 0 radical (unpaired) electrons. The number of hydrogen-bond donors (Lipinski definition) is 1. The van der Waals surface area contributed by atoms with Gasteiger partial charge in [-0.05, 0) is 37.3 Å². The zero-order chi connectivity index (χ0) is 19.6. The van der Waals surface area contributed by atoms with Crippen LogP contribution in [-0.4, -0.2) is 39.9 Å². The Kier molecular flexibility index (Phi) is 5.68. The van der Waals surface area contributed by atoms with Gasteiger partial charge in [-0.1, -0.05) is 35.3 Å². The van der Waals surface area contributed by atoms with Crippen molar-refractivity contribution in [2.45, 2.75) is 13.5 Å². The number of fused-ring (bicyclic) bond motifs is 1. The standard InChI is InChI=1S/C19H18Cl2N4O2/c1-12-22-16-5-3-4-6-17(16)25(12)11-19(27)24(2)10-18(26)23-13-7-8-14(20)15(21)9-13/h3-9H,10-11H2,1-2H3,(H,23,26). The predicted molar refractivity (Wildman–Crippen MR) is 107 cm³/mol. The van der Waals surface area contributed by atoms with E-state index in [1.807, 2.05) is 35.8 Å². The number of nitrogens with zero attached hydrogens (tertiary/aromatic N) is 3. The van der Waals surface area contributed by atoms with E-state index in [1.165, 1.54) is 4.90 Å². The smallest absolute Gasteiger partial charge is 0.243 e. The molecule has 2 amide bonds. The fourth-order valence-corrected chi connectivity index (χ4v) is 3.03. The second kappa shape index (κ2) is 7.98. The molecule has 3 aromatic rings. The van der Waals surface area contributed by atoms with E-state index in [-0.39, 0.29) is 24.9 Å². The summed E-state index contributed by atoms with van der Waals surface area (Å²) in [6.45, 7) is 1.89. The molecule has 6 nitrogen and oxygen atoms in total. The van der Waals surface area contributed by atoms with Gasteiger partial charge < -0.3 is 14.8 Å². The van der Waals surface area contributed by atoms with E-state index in [0.29, 0.717) is 15.7 Å². The Morgan fingerprint density at radius 1 is 1.15 bits per heavy atom. The molecule has 140 valence electrons. The van der Waals surface area contributed by atoms with Crippen molar-refractivity contribution in [3.05, 3.63) is 58.3 Å². The van der Waals surface area contributed by atoms with E-state index in [1.54, 1.807) is 25.2 Å². The summed E-state index contributed by atoms with van der Waals surface area (Å²) in [5.74, 6) is 0.236. The van der Waals surface area contributed by atoms with Gasteiger partial charge in [-0.2, -0.15) is 0 Å². The Labute approximate surface area is 166 Å². The number of amides is 2. The van der Waals surface area contributed by atoms with Crippen LogP contribution in [-0.2, 0) is 16.1 Å². The maximum Gasteiger partial charge on any atom is 0.243 e. The average molecular weight is 405 g/mol. The van der Waals surface area contributed by atoms with Crippen LogP contribution in [0.25, 0.3) is 11.0 Å². The lowest BCUT2D eigenvalue weighted by molar-refractivity contribution is -0.133. The Morgan fingerprint density at radius 3 is 2.63 bits per heavy atom. The van der Waals surface area contributed by atoms with Crippen molar-refractivity contribution in [3.63, 3.8) is 0 Å². The van der Waals surface area contributed by atoms with Crippen LogP contribution in [0.2, 0.25) is 10.0 Å². The SMILES string of the molecule is Cc1nc2ccccc2n1CC(=O)N(C)CC(=O)Nc1ccc(Cl)c(Cl)c1. The van der Waals surface area contributed by atoms with Gasteiger partial charge in [-0.15, -0.1) is 0 Å². The molecule has 1 heterocycles. The number of rotatable bonds is 5. The van der Waals surface area contributed by atoms with Gasteiger partial charge in [0, 0.05) is 12.7 Å². The van der Waals surface area contributed by atoms with E-state index in [9.17, 15) is 9.59 Å². The maximum atomic E-state index is 12.6. The van der Waals surface area contributed by atoms with Crippen LogP contribution in [0, 0.1) is 6.92 Å². The molecule has 0 atom stereocenters. The van der Waals surface area contributed by atoms with Gasteiger partial charge >= 0.3 is 0 Å². The van der Waals surface area contributed by atoms with Gasteiger partial charge in [0.1, 0.15) is 12.4 Å². The molecule has 8 heteroatoms. The molecule has 1 N–H and O–H groups in total. The third kappa shape index (κ3) is 4.40. The molecule has 27 heavy (non-hydrogen) atoms. The van der Waals surface area contributed by atoms with Gasteiger partial charge in [-0.25, -0.2) is 4.98 Å². The monoisotopic (exact) mass is 404 g/mol. The lowest BCUT2D eigenvalue weighted by Crippen LogP contribution is -2.37. The van der Waals surface area contributed by atoms with Gasteiger partial charge in [0.15, 0.2) is 0 Å². The number of aryl methyl sites for hydroxylation is 1. The van der Waals surface area contributed by atoms with Crippen LogP contribution in [0.1, 0.15) is 5.82 Å². The van der Waals surface area contributed by atoms with E-state index < -0.39 is 0 Å². The molecule has 3 rings (SSSR count). The summed E-state index contributed by atoms with van der Waals surface area (Å²) in [5.41, 5.74) is 2.24. The van der Waals surface area contributed by atoms with E-state index >= 15 is 0 Å². The van der Waals surface area contributed by atoms with Gasteiger partial charge in [-0.3, -0.25) is 9.59 Å². The Hall–Kier alpha value is -2.57. The molecule has 0 saturated heterocycles. The lowest BCUT2D eigenvalue weighted by atomic mass is 10.3. The topological polar surface area (TPSA) is 67.2 Å². The van der Waals surface area contributed by atoms with Crippen molar-refractivity contribution < 1.29 is 9.59 Å². The van der Waals surface area contributed by atoms with Crippen molar-refractivity contribution in [2.75, 3.05) is 18.9 Å². The molecule has 0 aliphatic carbocycles. The molecular weight excluding hydrogens is 387 g/mol. The second-order valence-electron chi connectivity index (χ2n) is 6.16. The van der Waals surface area contributed by atoms with Crippen LogP contribution in [0.4, 0.5) is 5.69 Å². The first-order chi connectivity index (χ1) is 12.8. The second-order valence-corrected chi connectivity index (χ2v) is 6.98. The molecule has 2 aromatic carbocycles. The molecule has 0 bridgehead atoms. The molecule has 0 fully saturated rings. The highest BCUT2D eigenvalue weighted by molar-refractivity contribution is 6.42. The Balaban J connectivity index is 1.64. The van der Waals surface area contributed by atoms with Crippen molar-refractivity contribution in [2.24, 2.45) is 0 Å². The molecule has 0 saturated carbocycles. The normalized spacial score (nSPS) is 10.8. The minimum atomic E-state index is -0.323. The number of nitrogens with one attached hydrogen (secondary N) is 1. The van der Waals surface area contributed by atoms with Crippen LogP contribution in [0.5, 0.6) is 0 Å². The lowest BCUT2D eigenvalue weighted by Gasteiger charge is -2.18. The first-order valence-corrected chi connectivity index (χ1v) is 9.01. The quantitative estimate of drug-likeness (QED) is 0.703. The van der Waals surface area contributed by atoms with Crippen LogP contribution >= 0.6 is 23.2 Å². The van der Waals surface area contributed by atoms with E-state index in [2.05, 4.69) is 10.3 Å². The van der Waals surface area contributed by atoms with Crippen molar-refractivity contribution in [1.82, 2.24) is 14.5 Å². The van der Waals surface area contributed by atoms with Gasteiger partial charge in [0.25, 0.3) is 0 Å². The predicted octanol–water partition coefficient (Wildman–Crippen LogP) is 3.75. The number of hydrogen-bond acceptors (Lipinski definition) is 3. The van der Waals surface area contributed by atoms with Crippen molar-refractivity contribution >= 4 is 51.7 Å². The fourth-order valence-electron chi connectivity index (χ4n) is 2.73. The first-order valence-electron chi connectivity index (χ1n) is 8.26. The molecule has 0 aliphatic rings. The zero-order valence-corrected chi connectivity index (χ0v) is 16.4. The molecule has 0 unspecified atom stereocenters. The highest BCUT2D eigenvalue weighted by Crippen LogP contribution is 2.25. The summed E-state index contributed by atoms with van der Waals surface area (Å²) in [4.78, 5) is 30.6. The number of anilines is 1. The van der Waals surface area contributed by atoms with Crippen LogP contribution in [0.3, 0.4) is 0 Å². The number of para-hydroxylation sites is 2. The first kappa shape index (κ1) is 19.2. The van der Waals surface area contributed by atoms with Gasteiger partial charge in [0.2, 0.25) is 11.8 Å². The minimum Gasteiger partial charge on any atom is -0.335 e. The van der Waals surface area contributed by atoms with Crippen LogP contribution < -0.4 is 5.32 Å². The van der Waals surface area contributed by atoms with E-state index in [0.717, 1.165) is 16.9 Å². The van der Waals surface area contributed by atoms with Gasteiger partial charge in [0.05, 0.1) is 27.6 Å². The zero-order valence-electron chi connectivity index (χ0n) is 14.9. The number of imidazole rings is 1. The molecule has 0 spiro atoms. The van der Waals surface area contributed by atoms with Crippen molar-refractivity contribution in [1.29, 1.82) is 0 Å². The summed E-state index contributed by atoms with van der Waals surface area (Å²) in [6.07, 6.45) is 0. The summed E-state index contributed by atoms with van der Waals surface area (Å²) < 4.78 is 1.84. The van der Waals surface area contributed by atoms with E-state index in [4.69, 9.17) is 23.2 Å². The number of carbonyl (C=O) groups is 2. The third-order valence-electron chi connectivity index (χ3n) is 4.15. The summed E-state index contributed by atoms with van der Waals surface area (Å²) in [5, 5.41) is 3.46. The largest absolute Gasteiger partial charge is 0.335 e. The molecule has 1 aromatic heterocycles. The number of halogens is 2. The highest BCUT2D eigenvalue weighted by atomic mass is 35.5. The number of carbonyl (C=O) groups excluding carboxylic acids is 2. The molecular formula is C19H18Cl2N4O2. The average Bonchev–Trinajstić information content (AvgIpc) is 2.93. The van der Waals surface area contributed by atoms with Crippen molar-refractivity contribution in [3.8, 4) is 0 Å². The summed E-state index contributed by atoms with van der Waals surface area (Å²) in [7, 11) is 1.59. The minimum absolute atomic E-state index is 0.0786. The van der Waals surface area contributed by atoms with Crippen LogP contribution in [0.15, 0.2) is 42.5 Å². The molecule has 0 aliphatic heterocycles. The number of benzene rings is 2. The highest BCUT2D eigenvalue weighted by Gasteiger charge is 2.16. The summed E-state index contributed by atoms with van der Waals surface area (Å²) >= 11 is 11.8. The summed E-state index contributed by atoms with van der Waals surface area (Å²) in [6, 6.07) is 12.4. The Morgan fingerprint density at radius 2 is 1.89 bits per heavy atom. The number of aromatic nitrogens is 2. The third-order valence-corrected chi connectivity index (χ3v) is 4.89. The Bertz CT molecular complexity index is 1020. The maximum absolute atomic E-state index is 12.6.